The lowest BCUT2D eigenvalue weighted by Crippen LogP contribution is -2.48. The van der Waals surface area contributed by atoms with Crippen molar-refractivity contribution in [3.05, 3.63) is 29.6 Å². The van der Waals surface area contributed by atoms with Crippen LogP contribution in [0.5, 0.6) is 5.75 Å². The van der Waals surface area contributed by atoms with E-state index in [0.717, 1.165) is 25.7 Å². The Morgan fingerprint density at radius 1 is 1.18 bits per heavy atom. The van der Waals surface area contributed by atoms with Crippen molar-refractivity contribution in [2.45, 2.75) is 77.8 Å². The maximum Gasteiger partial charge on any atom is 0.345 e. The van der Waals surface area contributed by atoms with Gasteiger partial charge in [-0.3, -0.25) is 4.79 Å². The largest absolute Gasteiger partial charge is 0.493 e. The molecule has 2 aliphatic rings. The standard InChI is InChI=1S/C29H43FN6O3/c1-18(2)27(33)34-29(38)35-13-9-21(10-14-35)19(3)11-15-39-23-7-8-24(25(30)16-23)20(4)26(32)28(37)36-12-5-6-22(36)17-31/h7-8,16,18-22,26H,5-6,9-15,32H2,1-4H3,(H2,33,34,38)/t19-,20+,22+,26+/m1/s1. The maximum absolute atomic E-state index is 15.0. The summed E-state index contributed by atoms with van der Waals surface area (Å²) in [6.45, 7) is 10.0. The third-order valence-corrected chi connectivity index (χ3v) is 8.24. The van der Waals surface area contributed by atoms with Crippen LogP contribution in [0.25, 0.3) is 0 Å². The van der Waals surface area contributed by atoms with E-state index in [1.165, 1.54) is 11.0 Å². The second-order valence-electron chi connectivity index (χ2n) is 11.2. The molecule has 1 aromatic carbocycles. The molecule has 10 heteroatoms. The van der Waals surface area contributed by atoms with E-state index in [-0.39, 0.29) is 17.9 Å². The Kier molecular flexibility index (Phi) is 10.7. The number of nitrogens with zero attached hydrogens (tertiary/aromatic N) is 4. The molecule has 4 atom stereocenters. The first-order valence-corrected chi connectivity index (χ1v) is 14.0. The monoisotopic (exact) mass is 542 g/mol. The number of hydrogen-bond acceptors (Lipinski definition) is 5. The first-order valence-electron chi connectivity index (χ1n) is 14.0. The van der Waals surface area contributed by atoms with Crippen molar-refractivity contribution in [2.24, 2.45) is 34.2 Å². The van der Waals surface area contributed by atoms with E-state index in [4.69, 9.17) is 16.2 Å². The Morgan fingerprint density at radius 2 is 1.87 bits per heavy atom. The van der Waals surface area contributed by atoms with Gasteiger partial charge in [0.25, 0.3) is 0 Å². The Morgan fingerprint density at radius 3 is 2.49 bits per heavy atom. The average Bonchev–Trinajstić information content (AvgIpc) is 3.41. The number of likely N-dealkylation sites (tertiary alicyclic amines) is 2. The summed E-state index contributed by atoms with van der Waals surface area (Å²) in [5.41, 5.74) is 12.4. The van der Waals surface area contributed by atoms with Gasteiger partial charge in [0.2, 0.25) is 5.91 Å². The van der Waals surface area contributed by atoms with Crippen LogP contribution in [-0.2, 0) is 4.79 Å². The van der Waals surface area contributed by atoms with E-state index in [9.17, 15) is 19.2 Å². The number of aliphatic imine (C=N–C) groups is 1. The van der Waals surface area contributed by atoms with Gasteiger partial charge < -0.3 is 26.0 Å². The molecule has 0 bridgehead atoms. The number of carbonyl (C=O) groups excluding carboxylic acids is 2. The number of rotatable bonds is 9. The Hall–Kier alpha value is -3.19. The lowest BCUT2D eigenvalue weighted by atomic mass is 9.84. The topological polar surface area (TPSA) is 138 Å². The summed E-state index contributed by atoms with van der Waals surface area (Å²) in [5, 5.41) is 9.27. The van der Waals surface area contributed by atoms with Gasteiger partial charge in [-0.05, 0) is 55.6 Å². The molecule has 1 aromatic rings. The molecule has 9 nitrogen and oxygen atoms in total. The zero-order valence-electron chi connectivity index (χ0n) is 23.6. The molecule has 0 unspecified atom stereocenters. The van der Waals surface area contributed by atoms with E-state index in [2.05, 4.69) is 18.0 Å². The molecule has 214 valence electrons. The van der Waals surface area contributed by atoms with Crippen molar-refractivity contribution < 1.29 is 18.7 Å². The number of amidine groups is 1. The minimum absolute atomic E-state index is 0.0411. The summed E-state index contributed by atoms with van der Waals surface area (Å²) in [4.78, 5) is 32.5. The highest BCUT2D eigenvalue weighted by Crippen LogP contribution is 2.30. The van der Waals surface area contributed by atoms with E-state index in [1.807, 2.05) is 13.8 Å². The van der Waals surface area contributed by atoms with Crippen molar-refractivity contribution in [3.8, 4) is 11.8 Å². The zero-order chi connectivity index (χ0) is 28.7. The van der Waals surface area contributed by atoms with E-state index >= 15 is 0 Å². The average molecular weight is 543 g/mol. The highest BCUT2D eigenvalue weighted by Gasteiger charge is 2.35. The van der Waals surface area contributed by atoms with Crippen LogP contribution in [0.2, 0.25) is 0 Å². The van der Waals surface area contributed by atoms with Crippen molar-refractivity contribution in [1.29, 1.82) is 5.26 Å². The third kappa shape index (κ3) is 7.69. The van der Waals surface area contributed by atoms with Crippen LogP contribution < -0.4 is 16.2 Å². The number of carbonyl (C=O) groups is 2. The SMILES string of the molecule is CC(C)C(N)=NC(=O)N1CCC([C@H](C)CCOc2ccc([C@H](C)[C@H](N)C(=O)N3CCC[C@H]3C#N)c(F)c2)CC1. The number of nitriles is 1. The number of amides is 3. The first-order chi connectivity index (χ1) is 18.5. The van der Waals surface area contributed by atoms with Gasteiger partial charge in [0.05, 0.1) is 18.7 Å². The lowest BCUT2D eigenvalue weighted by Gasteiger charge is -2.34. The number of urea groups is 1. The molecule has 0 spiro atoms. The fraction of sp³-hybridized carbons (Fsp3) is 0.655. The third-order valence-electron chi connectivity index (χ3n) is 8.24. The normalized spacial score (nSPS) is 21.0. The summed E-state index contributed by atoms with van der Waals surface area (Å²) in [6, 6.07) is 5.17. The number of hydrogen-bond donors (Lipinski definition) is 2. The van der Waals surface area contributed by atoms with Gasteiger partial charge in [0.15, 0.2) is 0 Å². The van der Waals surface area contributed by atoms with Crippen LogP contribution in [0.15, 0.2) is 23.2 Å². The van der Waals surface area contributed by atoms with Crippen LogP contribution in [0.4, 0.5) is 9.18 Å². The number of piperidine rings is 1. The first kappa shape index (κ1) is 30.4. The van der Waals surface area contributed by atoms with Gasteiger partial charge in [-0.25, -0.2) is 9.18 Å². The fourth-order valence-electron chi connectivity index (χ4n) is 5.30. The zero-order valence-corrected chi connectivity index (χ0v) is 23.6. The molecule has 4 N–H and O–H groups in total. The van der Waals surface area contributed by atoms with Gasteiger partial charge >= 0.3 is 6.03 Å². The summed E-state index contributed by atoms with van der Waals surface area (Å²) in [6.07, 6.45) is 4.02. The van der Waals surface area contributed by atoms with E-state index < -0.39 is 23.8 Å². The van der Waals surface area contributed by atoms with Gasteiger partial charge in [-0.2, -0.15) is 10.3 Å². The molecule has 3 rings (SSSR count). The van der Waals surface area contributed by atoms with Crippen LogP contribution in [0.1, 0.15) is 71.3 Å². The molecule has 2 fully saturated rings. The Bertz CT molecular complexity index is 1080. The minimum Gasteiger partial charge on any atom is -0.493 e. The second-order valence-corrected chi connectivity index (χ2v) is 11.2. The molecule has 0 radical (unpaired) electrons. The molecule has 2 saturated heterocycles. The molecular formula is C29H43FN6O3. The lowest BCUT2D eigenvalue weighted by molar-refractivity contribution is -0.133. The van der Waals surface area contributed by atoms with Gasteiger partial charge in [0, 0.05) is 37.5 Å². The molecule has 0 aliphatic carbocycles. The van der Waals surface area contributed by atoms with Crippen molar-refractivity contribution in [3.63, 3.8) is 0 Å². The molecular weight excluding hydrogens is 499 g/mol. The molecule has 0 aromatic heterocycles. The van der Waals surface area contributed by atoms with E-state index in [1.54, 1.807) is 24.0 Å². The Labute approximate surface area is 231 Å². The summed E-state index contributed by atoms with van der Waals surface area (Å²) in [5.74, 6) is 0.368. The molecule has 2 aliphatic heterocycles. The number of benzene rings is 1. The van der Waals surface area contributed by atoms with Crippen LogP contribution in [0.3, 0.4) is 0 Å². The van der Waals surface area contributed by atoms with Gasteiger partial charge in [-0.15, -0.1) is 0 Å². The number of nitrogens with two attached hydrogens (primary N) is 2. The predicted octanol–water partition coefficient (Wildman–Crippen LogP) is 4.02. The van der Waals surface area contributed by atoms with Crippen molar-refractivity contribution in [2.75, 3.05) is 26.2 Å². The highest BCUT2D eigenvalue weighted by molar-refractivity contribution is 5.93. The van der Waals surface area contributed by atoms with Crippen LogP contribution >= 0.6 is 0 Å². The van der Waals surface area contributed by atoms with Crippen molar-refractivity contribution >= 4 is 17.8 Å². The Balaban J connectivity index is 1.46. The quantitative estimate of drug-likeness (QED) is 0.357. The number of ether oxygens (including phenoxy) is 1. The minimum atomic E-state index is -0.929. The molecule has 2 heterocycles. The van der Waals surface area contributed by atoms with Gasteiger partial charge in [0.1, 0.15) is 23.4 Å². The van der Waals surface area contributed by atoms with Gasteiger partial charge in [-0.1, -0.05) is 33.8 Å². The number of halogens is 1. The predicted molar refractivity (Wildman–Crippen MR) is 149 cm³/mol. The van der Waals surface area contributed by atoms with Crippen LogP contribution in [-0.4, -0.2) is 65.9 Å². The molecule has 39 heavy (non-hydrogen) atoms. The smallest absolute Gasteiger partial charge is 0.345 e. The molecule has 3 amide bonds. The maximum atomic E-state index is 15.0. The summed E-state index contributed by atoms with van der Waals surface area (Å²) < 4.78 is 20.8. The van der Waals surface area contributed by atoms with Crippen LogP contribution in [0, 0.1) is 34.9 Å². The second kappa shape index (κ2) is 13.7. The van der Waals surface area contributed by atoms with E-state index in [0.29, 0.717) is 61.6 Å². The summed E-state index contributed by atoms with van der Waals surface area (Å²) >= 11 is 0. The highest BCUT2D eigenvalue weighted by atomic mass is 19.1. The summed E-state index contributed by atoms with van der Waals surface area (Å²) in [7, 11) is 0. The fourth-order valence-corrected chi connectivity index (χ4v) is 5.30. The van der Waals surface area contributed by atoms with Crippen molar-refractivity contribution in [1.82, 2.24) is 9.80 Å². The molecule has 0 saturated carbocycles.